The van der Waals surface area contributed by atoms with Gasteiger partial charge in [0, 0.05) is 0 Å². The first-order valence-electron chi connectivity index (χ1n) is 5.14. The van der Waals surface area contributed by atoms with Gasteiger partial charge in [-0.1, -0.05) is 26.0 Å². The number of allylic oxidation sites excluding steroid dienone is 2. The SMILES string of the molecule is C=CC.CC.CC1=CCCCC1O. The van der Waals surface area contributed by atoms with Crippen LogP contribution in [0.2, 0.25) is 0 Å². The van der Waals surface area contributed by atoms with E-state index in [2.05, 4.69) is 12.7 Å². The first-order valence-corrected chi connectivity index (χ1v) is 5.14. The Morgan fingerprint density at radius 2 is 2.00 bits per heavy atom. The van der Waals surface area contributed by atoms with Gasteiger partial charge in [-0.25, -0.2) is 0 Å². The molecule has 0 aromatic rings. The molecule has 1 aliphatic carbocycles. The van der Waals surface area contributed by atoms with Gasteiger partial charge in [-0.3, -0.25) is 0 Å². The van der Waals surface area contributed by atoms with E-state index in [1.165, 1.54) is 0 Å². The third-order valence-corrected chi connectivity index (χ3v) is 1.67. The van der Waals surface area contributed by atoms with Gasteiger partial charge >= 0.3 is 0 Å². The van der Waals surface area contributed by atoms with Crippen LogP contribution in [-0.4, -0.2) is 11.2 Å². The van der Waals surface area contributed by atoms with Gasteiger partial charge in [0.1, 0.15) is 0 Å². The fraction of sp³-hybridized carbons (Fsp3) is 0.667. The monoisotopic (exact) mass is 184 g/mol. The van der Waals surface area contributed by atoms with Crippen molar-refractivity contribution >= 4 is 0 Å². The van der Waals surface area contributed by atoms with E-state index in [1.807, 2.05) is 27.7 Å². The summed E-state index contributed by atoms with van der Waals surface area (Å²) in [5, 5.41) is 9.11. The standard InChI is InChI=1S/C7H12O.C3H6.C2H6/c1-6-4-2-3-5-7(6)8;1-3-2;1-2/h4,7-8H,2-3,5H2,1H3;3H,1H2,2H3;1-2H3. The lowest BCUT2D eigenvalue weighted by molar-refractivity contribution is 0.191. The van der Waals surface area contributed by atoms with Gasteiger partial charge in [-0.2, -0.15) is 0 Å². The molecule has 0 bridgehead atoms. The highest BCUT2D eigenvalue weighted by molar-refractivity contribution is 5.07. The molecule has 0 fully saturated rings. The summed E-state index contributed by atoms with van der Waals surface area (Å²) >= 11 is 0. The van der Waals surface area contributed by atoms with E-state index in [0.29, 0.717) is 0 Å². The molecule has 0 aromatic carbocycles. The topological polar surface area (TPSA) is 20.2 Å². The van der Waals surface area contributed by atoms with E-state index >= 15 is 0 Å². The summed E-state index contributed by atoms with van der Waals surface area (Å²) in [5.74, 6) is 0. The Morgan fingerprint density at radius 3 is 2.23 bits per heavy atom. The van der Waals surface area contributed by atoms with Crippen molar-refractivity contribution in [3.8, 4) is 0 Å². The summed E-state index contributed by atoms with van der Waals surface area (Å²) in [4.78, 5) is 0. The van der Waals surface area contributed by atoms with Crippen molar-refractivity contribution in [1.29, 1.82) is 0 Å². The maximum Gasteiger partial charge on any atom is 0.0747 e. The highest BCUT2D eigenvalue weighted by Crippen LogP contribution is 2.16. The molecular weight excluding hydrogens is 160 g/mol. The molecule has 0 spiro atoms. The molecule has 1 atom stereocenters. The first-order chi connectivity index (χ1) is 6.22. The van der Waals surface area contributed by atoms with Crippen LogP contribution < -0.4 is 0 Å². The zero-order valence-electron chi connectivity index (χ0n) is 9.51. The molecule has 1 rings (SSSR count). The summed E-state index contributed by atoms with van der Waals surface area (Å²) in [6.45, 7) is 11.2. The van der Waals surface area contributed by atoms with Gasteiger partial charge in [-0.05, 0) is 38.7 Å². The second kappa shape index (κ2) is 11.4. The number of hydrogen-bond donors (Lipinski definition) is 1. The number of rotatable bonds is 0. The smallest absolute Gasteiger partial charge is 0.0747 e. The Kier molecular flexibility index (Phi) is 13.1. The summed E-state index contributed by atoms with van der Waals surface area (Å²) in [5.41, 5.74) is 1.15. The first kappa shape index (κ1) is 14.9. The van der Waals surface area contributed by atoms with E-state index in [-0.39, 0.29) is 6.10 Å². The average Bonchev–Trinajstić information content (AvgIpc) is 2.15. The summed E-state index contributed by atoms with van der Waals surface area (Å²) in [6, 6.07) is 0. The number of aliphatic hydroxyl groups is 1. The van der Waals surface area contributed by atoms with Gasteiger partial charge in [0.2, 0.25) is 0 Å². The van der Waals surface area contributed by atoms with Gasteiger partial charge in [0.25, 0.3) is 0 Å². The second-order valence-corrected chi connectivity index (χ2v) is 2.80. The Hall–Kier alpha value is -0.560. The van der Waals surface area contributed by atoms with Crippen LogP contribution in [0.5, 0.6) is 0 Å². The molecule has 1 aliphatic rings. The fourth-order valence-corrected chi connectivity index (χ4v) is 1.00. The van der Waals surface area contributed by atoms with Crippen molar-refractivity contribution in [2.75, 3.05) is 0 Å². The second-order valence-electron chi connectivity index (χ2n) is 2.80. The van der Waals surface area contributed by atoms with Crippen molar-refractivity contribution in [2.45, 2.75) is 53.1 Å². The third kappa shape index (κ3) is 9.35. The Morgan fingerprint density at radius 1 is 1.54 bits per heavy atom. The van der Waals surface area contributed by atoms with Crippen LogP contribution in [0.1, 0.15) is 47.0 Å². The van der Waals surface area contributed by atoms with E-state index in [1.54, 1.807) is 6.08 Å². The molecule has 1 N–H and O–H groups in total. The molecule has 0 aromatic heterocycles. The fourth-order valence-electron chi connectivity index (χ4n) is 1.00. The van der Waals surface area contributed by atoms with E-state index in [0.717, 1.165) is 24.8 Å². The molecule has 0 saturated heterocycles. The van der Waals surface area contributed by atoms with Crippen LogP contribution in [0.25, 0.3) is 0 Å². The highest BCUT2D eigenvalue weighted by Gasteiger charge is 2.08. The average molecular weight is 184 g/mol. The summed E-state index contributed by atoms with van der Waals surface area (Å²) < 4.78 is 0. The predicted octanol–water partition coefficient (Wildman–Crippen LogP) is 3.70. The Balaban J connectivity index is 0. The van der Waals surface area contributed by atoms with Gasteiger partial charge in [0.15, 0.2) is 0 Å². The maximum atomic E-state index is 9.11. The summed E-state index contributed by atoms with van der Waals surface area (Å²) in [7, 11) is 0. The minimum absolute atomic E-state index is 0.135. The zero-order chi connectivity index (χ0) is 10.7. The van der Waals surface area contributed by atoms with Crippen LogP contribution in [0, 0.1) is 0 Å². The van der Waals surface area contributed by atoms with Gasteiger partial charge < -0.3 is 5.11 Å². The minimum atomic E-state index is -0.135. The normalized spacial score (nSPS) is 19.8. The quantitative estimate of drug-likeness (QED) is 0.569. The molecule has 1 unspecified atom stereocenters. The number of hydrogen-bond acceptors (Lipinski definition) is 1. The lowest BCUT2D eigenvalue weighted by Gasteiger charge is -2.14. The minimum Gasteiger partial charge on any atom is -0.389 e. The molecule has 0 heterocycles. The third-order valence-electron chi connectivity index (χ3n) is 1.67. The van der Waals surface area contributed by atoms with Gasteiger partial charge in [-0.15, -0.1) is 6.58 Å². The molecule has 0 aliphatic heterocycles. The zero-order valence-corrected chi connectivity index (χ0v) is 9.51. The van der Waals surface area contributed by atoms with Crippen LogP contribution in [-0.2, 0) is 0 Å². The maximum absolute atomic E-state index is 9.11. The van der Waals surface area contributed by atoms with Crippen molar-refractivity contribution in [3.05, 3.63) is 24.3 Å². The molecular formula is C12H24O. The molecule has 13 heavy (non-hydrogen) atoms. The lowest BCUT2D eigenvalue weighted by atomic mass is 9.98. The van der Waals surface area contributed by atoms with Crippen molar-refractivity contribution in [2.24, 2.45) is 0 Å². The molecule has 0 saturated carbocycles. The Bertz CT molecular complexity index is 136. The van der Waals surface area contributed by atoms with E-state index < -0.39 is 0 Å². The van der Waals surface area contributed by atoms with E-state index in [9.17, 15) is 0 Å². The number of aliphatic hydroxyl groups excluding tert-OH is 1. The molecule has 0 amide bonds. The molecule has 1 heteroatoms. The van der Waals surface area contributed by atoms with Crippen LogP contribution in [0.3, 0.4) is 0 Å². The van der Waals surface area contributed by atoms with Crippen molar-refractivity contribution in [3.63, 3.8) is 0 Å². The van der Waals surface area contributed by atoms with Crippen molar-refractivity contribution in [1.82, 2.24) is 0 Å². The Labute approximate surface area is 83.2 Å². The molecule has 0 radical (unpaired) electrons. The predicted molar refractivity (Wildman–Crippen MR) is 60.8 cm³/mol. The summed E-state index contributed by atoms with van der Waals surface area (Å²) in [6.07, 6.45) is 7.00. The van der Waals surface area contributed by atoms with Gasteiger partial charge in [0.05, 0.1) is 6.10 Å². The van der Waals surface area contributed by atoms with Crippen LogP contribution >= 0.6 is 0 Å². The van der Waals surface area contributed by atoms with Crippen molar-refractivity contribution < 1.29 is 5.11 Å². The molecule has 1 nitrogen and oxygen atoms in total. The largest absolute Gasteiger partial charge is 0.389 e. The van der Waals surface area contributed by atoms with Crippen LogP contribution in [0.15, 0.2) is 24.3 Å². The highest BCUT2D eigenvalue weighted by atomic mass is 16.3. The molecule has 78 valence electrons. The lowest BCUT2D eigenvalue weighted by Crippen LogP contribution is -2.10. The van der Waals surface area contributed by atoms with E-state index in [4.69, 9.17) is 5.11 Å². The van der Waals surface area contributed by atoms with Crippen LogP contribution in [0.4, 0.5) is 0 Å².